The number of nitrogens with zero attached hydrogens (tertiary/aromatic N) is 4. The van der Waals surface area contributed by atoms with Crippen LogP contribution in [0, 0.1) is 5.92 Å². The van der Waals surface area contributed by atoms with Crippen LogP contribution in [0.3, 0.4) is 0 Å². The van der Waals surface area contributed by atoms with Crippen LogP contribution in [0.5, 0.6) is 0 Å². The zero-order valence-corrected chi connectivity index (χ0v) is 25.2. The molecule has 2 saturated heterocycles. The number of piperazine rings is 1. The highest BCUT2D eigenvalue weighted by Gasteiger charge is 2.40. The summed E-state index contributed by atoms with van der Waals surface area (Å²) in [5, 5.41) is 8.57. The van der Waals surface area contributed by atoms with E-state index in [-0.39, 0.29) is 17.7 Å². The Labute approximate surface area is 244 Å². The number of hydrogen-bond donors (Lipinski definition) is 2. The summed E-state index contributed by atoms with van der Waals surface area (Å²) in [7, 11) is 0. The number of hydrogen-bond acceptors (Lipinski definition) is 6. The molecule has 3 aliphatic rings. The molecule has 3 fully saturated rings. The zero-order chi connectivity index (χ0) is 28.9. The van der Waals surface area contributed by atoms with E-state index in [1.54, 1.807) is 6.92 Å². The van der Waals surface area contributed by atoms with E-state index >= 15 is 0 Å². The van der Waals surface area contributed by atoms with Crippen LogP contribution in [0.2, 0.25) is 5.02 Å². The van der Waals surface area contributed by atoms with Crippen LogP contribution >= 0.6 is 11.6 Å². The van der Waals surface area contributed by atoms with Gasteiger partial charge in [0, 0.05) is 70.2 Å². The summed E-state index contributed by atoms with van der Waals surface area (Å²) >= 11 is 6.08. The lowest BCUT2D eigenvalue weighted by Crippen LogP contribution is -2.63. The van der Waals surface area contributed by atoms with Crippen LogP contribution in [0.1, 0.15) is 64.9 Å². The minimum atomic E-state index is -0.896. The van der Waals surface area contributed by atoms with Gasteiger partial charge in [0.1, 0.15) is 6.04 Å². The van der Waals surface area contributed by atoms with E-state index in [1.807, 2.05) is 34.1 Å². The molecule has 1 aliphatic carbocycles. The van der Waals surface area contributed by atoms with Gasteiger partial charge in [-0.2, -0.15) is 0 Å². The number of piperidine rings is 1. The Hall–Kier alpha value is -2.20. The van der Waals surface area contributed by atoms with Crippen molar-refractivity contribution in [3.8, 4) is 0 Å². The van der Waals surface area contributed by atoms with Crippen molar-refractivity contribution in [1.29, 1.82) is 0 Å². The summed E-state index contributed by atoms with van der Waals surface area (Å²) in [4.78, 5) is 42.7. The molecule has 0 aromatic heterocycles. The van der Waals surface area contributed by atoms with Crippen molar-refractivity contribution in [2.75, 3.05) is 45.8 Å². The molecule has 1 atom stereocenters. The first-order valence-corrected chi connectivity index (χ1v) is 15.3. The molecule has 0 bridgehead atoms. The zero-order valence-electron chi connectivity index (χ0n) is 24.4. The van der Waals surface area contributed by atoms with Gasteiger partial charge < -0.3 is 20.9 Å². The van der Waals surface area contributed by atoms with E-state index in [4.69, 9.17) is 17.3 Å². The number of amides is 3. The van der Waals surface area contributed by atoms with Gasteiger partial charge in [0.15, 0.2) is 0 Å². The van der Waals surface area contributed by atoms with Crippen molar-refractivity contribution < 1.29 is 14.4 Å². The Morgan fingerprint density at radius 2 is 1.60 bits per heavy atom. The number of benzene rings is 1. The average Bonchev–Trinajstić information content (AvgIpc) is 3.40. The van der Waals surface area contributed by atoms with Gasteiger partial charge in [-0.3, -0.25) is 14.4 Å². The number of halogens is 1. The second-order valence-electron chi connectivity index (χ2n) is 12.3. The minimum Gasteiger partial charge on any atom is -0.343 e. The van der Waals surface area contributed by atoms with Crippen molar-refractivity contribution in [2.24, 2.45) is 11.7 Å². The molecule has 3 N–H and O–H groups in total. The lowest BCUT2D eigenvalue weighted by molar-refractivity contribution is -0.146. The van der Waals surface area contributed by atoms with Crippen LogP contribution in [-0.2, 0) is 20.8 Å². The smallest absolute Gasteiger partial charge is 0.245 e. The number of rotatable bonds is 9. The monoisotopic (exact) mass is 574 g/mol. The average molecular weight is 575 g/mol. The largest absolute Gasteiger partial charge is 0.343 e. The van der Waals surface area contributed by atoms with Gasteiger partial charge in [0.2, 0.25) is 17.7 Å². The van der Waals surface area contributed by atoms with E-state index in [1.165, 1.54) is 0 Å². The van der Waals surface area contributed by atoms with E-state index in [2.05, 4.69) is 29.2 Å². The molecule has 3 amide bonds. The molecular formula is C30H47ClN6O3. The number of likely N-dealkylation sites (tertiary alicyclic amines) is 1. The number of carbonyl (C=O) groups excluding carboxylic acids is 3. The van der Waals surface area contributed by atoms with Crippen molar-refractivity contribution in [2.45, 2.75) is 83.3 Å². The minimum absolute atomic E-state index is 0.0604. The molecule has 40 heavy (non-hydrogen) atoms. The first kappa shape index (κ1) is 30.8. The standard InChI is InChI=1S/C30H47ClN6O3/c1-22(2)21-37(26-10-14-34(15-11-26)23(3)38)36-18-16-35(17-19-36)28(39)27(20-24-6-8-25(31)9-7-24)33-29(40)30(32)12-4-5-13-30/h6-9,22,26-27H,4-5,10-21,32H2,1-3H3,(H,33,40)/t27-/m1/s1. The van der Waals surface area contributed by atoms with E-state index < -0.39 is 11.6 Å². The van der Waals surface area contributed by atoms with E-state index in [9.17, 15) is 14.4 Å². The van der Waals surface area contributed by atoms with Gasteiger partial charge in [0.05, 0.1) is 5.54 Å². The fraction of sp³-hybridized carbons (Fsp3) is 0.700. The molecule has 0 spiro atoms. The van der Waals surface area contributed by atoms with Crippen LogP contribution in [0.25, 0.3) is 0 Å². The normalized spacial score (nSPS) is 21.2. The quantitative estimate of drug-likeness (QED) is 0.470. The Kier molecular flexibility index (Phi) is 10.5. The molecule has 0 unspecified atom stereocenters. The van der Waals surface area contributed by atoms with Crippen molar-refractivity contribution in [1.82, 2.24) is 25.1 Å². The number of nitrogens with two attached hydrogens (primary N) is 1. The van der Waals surface area contributed by atoms with Gasteiger partial charge in [0.25, 0.3) is 0 Å². The Morgan fingerprint density at radius 1 is 1.00 bits per heavy atom. The molecule has 1 saturated carbocycles. The van der Waals surface area contributed by atoms with E-state index in [0.717, 1.165) is 64.0 Å². The van der Waals surface area contributed by atoms with Crippen LogP contribution < -0.4 is 11.1 Å². The van der Waals surface area contributed by atoms with Gasteiger partial charge >= 0.3 is 0 Å². The maximum atomic E-state index is 13.9. The molecular weight excluding hydrogens is 528 g/mol. The second kappa shape index (κ2) is 13.6. The fourth-order valence-electron chi connectivity index (χ4n) is 6.33. The first-order chi connectivity index (χ1) is 19.1. The number of nitrogens with one attached hydrogen (secondary N) is 1. The maximum Gasteiger partial charge on any atom is 0.245 e. The summed E-state index contributed by atoms with van der Waals surface area (Å²) in [6, 6.07) is 7.15. The molecule has 9 nitrogen and oxygen atoms in total. The lowest BCUT2D eigenvalue weighted by atomic mass is 9.96. The Balaban J connectivity index is 1.41. The van der Waals surface area contributed by atoms with Crippen LogP contribution in [0.15, 0.2) is 24.3 Å². The highest BCUT2D eigenvalue weighted by Crippen LogP contribution is 2.28. The molecule has 1 aromatic carbocycles. The molecule has 4 rings (SSSR count). The highest BCUT2D eigenvalue weighted by atomic mass is 35.5. The fourth-order valence-corrected chi connectivity index (χ4v) is 6.46. The topological polar surface area (TPSA) is 102 Å². The summed E-state index contributed by atoms with van der Waals surface area (Å²) in [5.74, 6) is 0.365. The molecule has 1 aromatic rings. The summed E-state index contributed by atoms with van der Waals surface area (Å²) in [6.45, 7) is 11.3. The predicted molar refractivity (Wildman–Crippen MR) is 157 cm³/mol. The highest BCUT2D eigenvalue weighted by molar-refractivity contribution is 6.30. The van der Waals surface area contributed by atoms with Gasteiger partial charge in [-0.15, -0.1) is 0 Å². The SMILES string of the molecule is CC(=O)N1CCC(N(CC(C)C)N2CCN(C(=O)[C@@H](Cc3ccc(Cl)cc3)NC(=O)C3(N)CCCC3)CC2)CC1. The summed E-state index contributed by atoms with van der Waals surface area (Å²) in [6.07, 6.45) is 5.48. The predicted octanol–water partition coefficient (Wildman–Crippen LogP) is 2.67. The van der Waals surface area contributed by atoms with Crippen molar-refractivity contribution in [3.63, 3.8) is 0 Å². The Bertz CT molecular complexity index is 1010. The van der Waals surface area contributed by atoms with Crippen molar-refractivity contribution >= 4 is 29.3 Å². The second-order valence-corrected chi connectivity index (χ2v) is 12.7. The summed E-state index contributed by atoms with van der Waals surface area (Å²) < 4.78 is 0. The van der Waals surface area contributed by atoms with Gasteiger partial charge in [-0.25, -0.2) is 10.0 Å². The van der Waals surface area contributed by atoms with Crippen LogP contribution in [0.4, 0.5) is 0 Å². The molecule has 2 heterocycles. The third-order valence-electron chi connectivity index (χ3n) is 8.72. The molecule has 10 heteroatoms. The first-order valence-electron chi connectivity index (χ1n) is 15.0. The number of hydrazine groups is 1. The van der Waals surface area contributed by atoms with Crippen LogP contribution in [-0.4, -0.2) is 101 Å². The number of carbonyl (C=O) groups is 3. The third kappa shape index (κ3) is 7.75. The molecule has 0 radical (unpaired) electrons. The maximum absolute atomic E-state index is 13.9. The Morgan fingerprint density at radius 3 is 2.15 bits per heavy atom. The molecule has 222 valence electrons. The van der Waals surface area contributed by atoms with Gasteiger partial charge in [-0.1, -0.05) is 50.4 Å². The van der Waals surface area contributed by atoms with E-state index in [0.29, 0.717) is 49.3 Å². The van der Waals surface area contributed by atoms with Crippen molar-refractivity contribution in [3.05, 3.63) is 34.9 Å². The summed E-state index contributed by atoms with van der Waals surface area (Å²) in [5.41, 5.74) is 6.49. The third-order valence-corrected chi connectivity index (χ3v) is 8.97. The van der Waals surface area contributed by atoms with Gasteiger partial charge in [-0.05, 0) is 49.3 Å². The molecule has 2 aliphatic heterocycles. The lowest BCUT2D eigenvalue weighted by Gasteiger charge is -2.47.